The van der Waals surface area contributed by atoms with Gasteiger partial charge in [-0.2, -0.15) is 0 Å². The molecule has 0 radical (unpaired) electrons. The summed E-state index contributed by atoms with van der Waals surface area (Å²) in [5, 5.41) is 2.91. The van der Waals surface area contributed by atoms with Crippen molar-refractivity contribution in [3.8, 4) is 22.3 Å². The van der Waals surface area contributed by atoms with Gasteiger partial charge in [0.15, 0.2) is 6.29 Å². The van der Waals surface area contributed by atoms with Crippen LogP contribution in [0.3, 0.4) is 0 Å². The Morgan fingerprint density at radius 2 is 1.67 bits per heavy atom. The number of anilines is 2. The van der Waals surface area contributed by atoms with Crippen molar-refractivity contribution in [2.75, 3.05) is 23.8 Å². The lowest BCUT2D eigenvalue weighted by atomic mass is 10.00. The van der Waals surface area contributed by atoms with E-state index in [1.54, 1.807) is 18.3 Å². The van der Waals surface area contributed by atoms with E-state index in [1.807, 2.05) is 67.7 Å². The van der Waals surface area contributed by atoms with Gasteiger partial charge in [0.1, 0.15) is 0 Å². The first-order valence-corrected chi connectivity index (χ1v) is 10.8. The number of carbonyl (C=O) groups excluding carboxylic acids is 2. The number of carbonyl (C=O) groups is 2. The fourth-order valence-electron chi connectivity index (χ4n) is 3.70. The molecule has 0 unspecified atom stereocenters. The smallest absolute Gasteiger partial charge is 0.257 e. The van der Waals surface area contributed by atoms with Crippen LogP contribution < -0.4 is 10.2 Å². The van der Waals surface area contributed by atoms with Crippen LogP contribution in [0.1, 0.15) is 27.6 Å². The summed E-state index contributed by atoms with van der Waals surface area (Å²) in [5.74, 6) is -0.320. The van der Waals surface area contributed by atoms with Gasteiger partial charge in [0.2, 0.25) is 0 Å². The number of hydrogen-bond acceptors (Lipinski definition) is 4. The van der Waals surface area contributed by atoms with E-state index in [2.05, 4.69) is 28.2 Å². The van der Waals surface area contributed by atoms with Gasteiger partial charge in [-0.15, -0.1) is 0 Å². The van der Waals surface area contributed by atoms with Gasteiger partial charge in [-0.3, -0.25) is 14.6 Å². The predicted molar refractivity (Wildman–Crippen MR) is 134 cm³/mol. The Hall–Kier alpha value is -4.25. The van der Waals surface area contributed by atoms with Crippen LogP contribution in [-0.4, -0.2) is 30.8 Å². The molecule has 33 heavy (non-hydrogen) atoms. The van der Waals surface area contributed by atoms with Crippen molar-refractivity contribution in [1.29, 1.82) is 0 Å². The lowest BCUT2D eigenvalue weighted by molar-refractivity contribution is 0.102. The number of rotatable bonds is 7. The zero-order chi connectivity index (χ0) is 23.2. The first-order chi connectivity index (χ1) is 16.1. The van der Waals surface area contributed by atoms with Crippen molar-refractivity contribution in [1.82, 2.24) is 4.98 Å². The number of aldehydes is 1. The highest BCUT2D eigenvalue weighted by Crippen LogP contribution is 2.33. The predicted octanol–water partition coefficient (Wildman–Crippen LogP) is 5.94. The maximum atomic E-state index is 13.1. The molecule has 0 fully saturated rings. The van der Waals surface area contributed by atoms with Crippen molar-refractivity contribution < 1.29 is 9.59 Å². The number of amides is 1. The fraction of sp³-hybridized carbons (Fsp3) is 0.107. The van der Waals surface area contributed by atoms with Crippen LogP contribution in [0.5, 0.6) is 0 Å². The first kappa shape index (κ1) is 22.0. The molecule has 3 aromatic carbocycles. The molecule has 5 heteroatoms. The highest BCUT2D eigenvalue weighted by molar-refractivity contribution is 6.07. The molecule has 0 bridgehead atoms. The minimum Gasteiger partial charge on any atom is -0.374 e. The van der Waals surface area contributed by atoms with Gasteiger partial charge < -0.3 is 10.2 Å². The second-order valence-corrected chi connectivity index (χ2v) is 7.73. The van der Waals surface area contributed by atoms with Crippen LogP contribution in [0, 0.1) is 0 Å². The van der Waals surface area contributed by atoms with E-state index in [4.69, 9.17) is 0 Å². The molecule has 1 aromatic heterocycles. The highest BCUT2D eigenvalue weighted by Gasteiger charge is 2.14. The molecular formula is C28H25N3O2. The highest BCUT2D eigenvalue weighted by atomic mass is 16.1. The van der Waals surface area contributed by atoms with Crippen LogP contribution in [0.2, 0.25) is 0 Å². The van der Waals surface area contributed by atoms with Crippen LogP contribution >= 0.6 is 0 Å². The minimum absolute atomic E-state index is 0.320. The average Bonchev–Trinajstić information content (AvgIpc) is 2.88. The lowest BCUT2D eigenvalue weighted by Gasteiger charge is -2.21. The molecule has 0 atom stereocenters. The van der Waals surface area contributed by atoms with E-state index in [9.17, 15) is 9.59 Å². The Morgan fingerprint density at radius 1 is 0.909 bits per heavy atom. The quantitative estimate of drug-likeness (QED) is 0.365. The number of nitrogens with one attached hydrogen (secondary N) is 1. The zero-order valence-corrected chi connectivity index (χ0v) is 18.7. The van der Waals surface area contributed by atoms with Crippen molar-refractivity contribution in [3.05, 3.63) is 102 Å². The van der Waals surface area contributed by atoms with E-state index in [0.717, 1.165) is 40.8 Å². The molecule has 0 saturated heterocycles. The molecule has 1 N–H and O–H groups in total. The molecule has 0 aliphatic rings. The maximum absolute atomic E-state index is 13.1. The standard InChI is InChI=1S/C28H25N3O2/c1-3-31(2)27-12-8-7-11-25(27)21-13-14-22(19-32)26(16-21)30-28(33)24-15-23(17-29-18-24)20-9-5-4-6-10-20/h4-19H,3H2,1-2H3,(H,30,33). The van der Waals surface area contributed by atoms with Crippen LogP contribution in [0.25, 0.3) is 22.3 Å². The van der Waals surface area contributed by atoms with Gasteiger partial charge >= 0.3 is 0 Å². The Morgan fingerprint density at radius 3 is 2.42 bits per heavy atom. The van der Waals surface area contributed by atoms with Crippen molar-refractivity contribution in [2.45, 2.75) is 6.92 Å². The summed E-state index contributed by atoms with van der Waals surface area (Å²) in [5.41, 5.74) is 6.16. The van der Waals surface area contributed by atoms with E-state index >= 15 is 0 Å². The molecule has 1 amide bonds. The maximum Gasteiger partial charge on any atom is 0.257 e. The number of pyridine rings is 1. The van der Waals surface area contributed by atoms with Crippen LogP contribution in [0.15, 0.2) is 91.3 Å². The Balaban J connectivity index is 1.67. The normalized spacial score (nSPS) is 10.5. The number of nitrogens with zero attached hydrogens (tertiary/aromatic N) is 2. The molecule has 1 heterocycles. The third-order valence-corrected chi connectivity index (χ3v) is 5.64. The first-order valence-electron chi connectivity index (χ1n) is 10.8. The second-order valence-electron chi connectivity index (χ2n) is 7.73. The number of aromatic nitrogens is 1. The summed E-state index contributed by atoms with van der Waals surface area (Å²) in [6, 6.07) is 25.1. The number of benzene rings is 3. The van der Waals surface area contributed by atoms with Crippen molar-refractivity contribution in [2.24, 2.45) is 0 Å². The van der Waals surface area contributed by atoms with Crippen LogP contribution in [-0.2, 0) is 0 Å². The topological polar surface area (TPSA) is 62.3 Å². The molecule has 0 aliphatic carbocycles. The Labute approximate surface area is 193 Å². The van der Waals surface area contributed by atoms with Gasteiger partial charge in [-0.25, -0.2) is 0 Å². The molecular weight excluding hydrogens is 410 g/mol. The third-order valence-electron chi connectivity index (χ3n) is 5.64. The van der Waals surface area contributed by atoms with Gasteiger partial charge in [0, 0.05) is 48.4 Å². The monoisotopic (exact) mass is 435 g/mol. The van der Waals surface area contributed by atoms with E-state index in [0.29, 0.717) is 16.8 Å². The number of para-hydroxylation sites is 1. The zero-order valence-electron chi connectivity index (χ0n) is 18.7. The second kappa shape index (κ2) is 9.92. The van der Waals surface area contributed by atoms with E-state index in [1.165, 1.54) is 6.20 Å². The summed E-state index contributed by atoms with van der Waals surface area (Å²) >= 11 is 0. The average molecular weight is 436 g/mol. The van der Waals surface area contributed by atoms with Gasteiger partial charge in [-0.05, 0) is 42.3 Å². The Bertz CT molecular complexity index is 1290. The largest absolute Gasteiger partial charge is 0.374 e. The Kier molecular flexibility index (Phi) is 6.60. The van der Waals surface area contributed by atoms with Gasteiger partial charge in [0.05, 0.1) is 11.3 Å². The summed E-state index contributed by atoms with van der Waals surface area (Å²) in [6.45, 7) is 2.95. The molecule has 0 saturated carbocycles. The molecule has 4 rings (SSSR count). The molecule has 0 spiro atoms. The minimum atomic E-state index is -0.320. The molecule has 5 nitrogen and oxygen atoms in total. The van der Waals surface area contributed by atoms with E-state index in [-0.39, 0.29) is 5.91 Å². The van der Waals surface area contributed by atoms with E-state index < -0.39 is 0 Å². The SMILES string of the molecule is CCN(C)c1ccccc1-c1ccc(C=O)c(NC(=O)c2cncc(-c3ccccc3)c2)c1. The van der Waals surface area contributed by atoms with Gasteiger partial charge in [0.25, 0.3) is 5.91 Å². The molecule has 164 valence electrons. The number of hydrogen-bond donors (Lipinski definition) is 1. The van der Waals surface area contributed by atoms with Crippen molar-refractivity contribution in [3.63, 3.8) is 0 Å². The van der Waals surface area contributed by atoms with Gasteiger partial charge in [-0.1, -0.05) is 54.6 Å². The van der Waals surface area contributed by atoms with Crippen molar-refractivity contribution >= 4 is 23.6 Å². The summed E-state index contributed by atoms with van der Waals surface area (Å²) in [6.07, 6.45) is 4.00. The summed E-state index contributed by atoms with van der Waals surface area (Å²) < 4.78 is 0. The summed E-state index contributed by atoms with van der Waals surface area (Å²) in [4.78, 5) is 31.1. The van der Waals surface area contributed by atoms with Crippen LogP contribution in [0.4, 0.5) is 11.4 Å². The lowest BCUT2D eigenvalue weighted by Crippen LogP contribution is -2.16. The fourth-order valence-corrected chi connectivity index (χ4v) is 3.70. The molecule has 4 aromatic rings. The molecule has 0 aliphatic heterocycles. The summed E-state index contributed by atoms with van der Waals surface area (Å²) in [7, 11) is 2.04. The third kappa shape index (κ3) is 4.83.